The highest BCUT2D eigenvalue weighted by Gasteiger charge is 2.08. The summed E-state index contributed by atoms with van der Waals surface area (Å²) >= 11 is 0. The molecule has 108 valence electrons. The highest BCUT2D eigenvalue weighted by molar-refractivity contribution is 5.79. The molecule has 1 rings (SSSR count). The second kappa shape index (κ2) is 8.53. The lowest BCUT2D eigenvalue weighted by atomic mass is 10.1. The van der Waals surface area contributed by atoms with E-state index < -0.39 is 0 Å². The van der Waals surface area contributed by atoms with Gasteiger partial charge in [-0.15, -0.1) is 0 Å². The maximum absolute atomic E-state index is 5.14. The van der Waals surface area contributed by atoms with Crippen molar-refractivity contribution < 1.29 is 9.26 Å². The van der Waals surface area contributed by atoms with E-state index in [1.807, 2.05) is 20.8 Å². The number of hydrogen-bond acceptors (Lipinski definition) is 4. The Hall–Kier alpha value is -1.56. The number of aromatic nitrogens is 1. The molecule has 0 spiro atoms. The molecule has 6 heteroatoms. The van der Waals surface area contributed by atoms with Crippen LogP contribution in [0.2, 0.25) is 0 Å². The van der Waals surface area contributed by atoms with Crippen LogP contribution in [0.3, 0.4) is 0 Å². The van der Waals surface area contributed by atoms with Gasteiger partial charge in [0.15, 0.2) is 5.96 Å². The summed E-state index contributed by atoms with van der Waals surface area (Å²) in [6.45, 7) is 8.85. The Morgan fingerprint density at radius 2 is 2.16 bits per heavy atom. The fraction of sp³-hybridized carbons (Fsp3) is 0.692. The van der Waals surface area contributed by atoms with Crippen LogP contribution >= 0.6 is 0 Å². The molecule has 0 aliphatic heterocycles. The number of nitrogens with one attached hydrogen (secondary N) is 2. The first-order valence-corrected chi connectivity index (χ1v) is 6.61. The minimum absolute atomic E-state index is 0.625. The van der Waals surface area contributed by atoms with Crippen molar-refractivity contribution in [2.24, 2.45) is 4.99 Å². The van der Waals surface area contributed by atoms with Crippen LogP contribution in [-0.2, 0) is 11.2 Å². The summed E-state index contributed by atoms with van der Waals surface area (Å²) in [4.78, 5) is 4.40. The monoisotopic (exact) mass is 268 g/mol. The fourth-order valence-electron chi connectivity index (χ4n) is 1.76. The Morgan fingerprint density at radius 1 is 1.37 bits per heavy atom. The summed E-state index contributed by atoms with van der Waals surface area (Å²) in [6.07, 6.45) is 0.871. The molecular formula is C13H24N4O2. The molecule has 0 aliphatic rings. The average molecular weight is 268 g/mol. The summed E-state index contributed by atoms with van der Waals surface area (Å²) in [5.41, 5.74) is 2.13. The van der Waals surface area contributed by atoms with Gasteiger partial charge in [-0.3, -0.25) is 4.99 Å². The lowest BCUT2D eigenvalue weighted by Gasteiger charge is -2.11. The van der Waals surface area contributed by atoms with Crippen LogP contribution in [0.15, 0.2) is 9.52 Å². The van der Waals surface area contributed by atoms with Gasteiger partial charge in [0.05, 0.1) is 18.8 Å². The Bertz CT molecular complexity index is 382. The van der Waals surface area contributed by atoms with Crippen LogP contribution < -0.4 is 10.6 Å². The summed E-state index contributed by atoms with van der Waals surface area (Å²) in [6, 6.07) is 0. The third-order valence-electron chi connectivity index (χ3n) is 2.76. The van der Waals surface area contributed by atoms with Gasteiger partial charge in [-0.25, -0.2) is 0 Å². The normalized spacial score (nSPS) is 11.7. The van der Waals surface area contributed by atoms with Gasteiger partial charge in [-0.05, 0) is 27.2 Å². The standard InChI is InChI=1S/C13H24N4O2/c1-5-14-13(16-8-9-18-4)15-7-6-12-10(2)17-19-11(12)3/h5-9H2,1-4H3,(H2,14,15,16). The van der Waals surface area contributed by atoms with Crippen LogP contribution in [0.5, 0.6) is 0 Å². The minimum atomic E-state index is 0.625. The molecule has 1 aromatic heterocycles. The van der Waals surface area contributed by atoms with Gasteiger partial charge in [0.2, 0.25) is 0 Å². The van der Waals surface area contributed by atoms with E-state index in [-0.39, 0.29) is 0 Å². The molecule has 0 saturated heterocycles. The maximum Gasteiger partial charge on any atom is 0.191 e. The predicted molar refractivity (Wildman–Crippen MR) is 75.5 cm³/mol. The lowest BCUT2D eigenvalue weighted by Crippen LogP contribution is -2.38. The van der Waals surface area contributed by atoms with E-state index in [2.05, 4.69) is 20.8 Å². The number of nitrogens with zero attached hydrogens (tertiary/aromatic N) is 2. The molecule has 0 saturated carbocycles. The third-order valence-corrected chi connectivity index (χ3v) is 2.76. The van der Waals surface area contributed by atoms with E-state index in [1.165, 1.54) is 5.56 Å². The predicted octanol–water partition coefficient (Wildman–Crippen LogP) is 1.04. The molecule has 1 aromatic rings. The highest BCUT2D eigenvalue weighted by atomic mass is 16.5. The largest absolute Gasteiger partial charge is 0.383 e. The summed E-state index contributed by atoms with van der Waals surface area (Å²) in [5.74, 6) is 1.70. The summed E-state index contributed by atoms with van der Waals surface area (Å²) < 4.78 is 10.1. The summed E-state index contributed by atoms with van der Waals surface area (Å²) in [5, 5.41) is 10.4. The van der Waals surface area contributed by atoms with Crippen molar-refractivity contribution in [2.45, 2.75) is 27.2 Å². The molecular weight excluding hydrogens is 244 g/mol. The molecule has 0 radical (unpaired) electrons. The minimum Gasteiger partial charge on any atom is -0.383 e. The smallest absolute Gasteiger partial charge is 0.191 e. The van der Waals surface area contributed by atoms with Crippen LogP contribution in [0.1, 0.15) is 23.9 Å². The van der Waals surface area contributed by atoms with Gasteiger partial charge in [-0.2, -0.15) is 0 Å². The van der Waals surface area contributed by atoms with E-state index in [4.69, 9.17) is 9.26 Å². The number of rotatable bonds is 7. The number of aliphatic imine (C=N–C) groups is 1. The number of ether oxygens (including phenoxy) is 1. The molecule has 0 bridgehead atoms. The molecule has 0 fully saturated rings. The molecule has 6 nitrogen and oxygen atoms in total. The summed E-state index contributed by atoms with van der Waals surface area (Å²) in [7, 11) is 1.67. The van der Waals surface area contributed by atoms with E-state index in [0.29, 0.717) is 13.2 Å². The van der Waals surface area contributed by atoms with E-state index >= 15 is 0 Å². The van der Waals surface area contributed by atoms with Crippen molar-refractivity contribution in [1.29, 1.82) is 0 Å². The number of hydrogen-bond donors (Lipinski definition) is 2. The molecule has 19 heavy (non-hydrogen) atoms. The third kappa shape index (κ3) is 5.30. The Kier molecular flexibility index (Phi) is 6.95. The van der Waals surface area contributed by atoms with Crippen LogP contribution in [0, 0.1) is 13.8 Å². The number of aryl methyl sites for hydroxylation is 2. The Balaban J connectivity index is 2.41. The van der Waals surface area contributed by atoms with Crippen LogP contribution in [0.25, 0.3) is 0 Å². The van der Waals surface area contributed by atoms with Crippen molar-refractivity contribution >= 4 is 5.96 Å². The van der Waals surface area contributed by atoms with Crippen LogP contribution in [-0.4, -0.2) is 44.5 Å². The second-order valence-corrected chi connectivity index (χ2v) is 4.23. The van der Waals surface area contributed by atoms with Gasteiger partial charge in [-0.1, -0.05) is 5.16 Å². The lowest BCUT2D eigenvalue weighted by molar-refractivity contribution is 0.208. The molecule has 0 unspecified atom stereocenters. The molecule has 1 heterocycles. The van der Waals surface area contributed by atoms with Crippen molar-refractivity contribution in [2.75, 3.05) is 33.4 Å². The Labute approximate surface area is 114 Å². The molecule has 0 atom stereocenters. The van der Waals surface area contributed by atoms with Gasteiger partial charge in [0.25, 0.3) is 0 Å². The first-order chi connectivity index (χ1) is 9.19. The number of methoxy groups -OCH3 is 1. The fourth-order valence-corrected chi connectivity index (χ4v) is 1.76. The van der Waals surface area contributed by atoms with E-state index in [0.717, 1.165) is 36.9 Å². The number of guanidine groups is 1. The van der Waals surface area contributed by atoms with Gasteiger partial charge >= 0.3 is 0 Å². The Morgan fingerprint density at radius 3 is 2.74 bits per heavy atom. The van der Waals surface area contributed by atoms with Gasteiger partial charge < -0.3 is 19.9 Å². The first-order valence-electron chi connectivity index (χ1n) is 6.61. The van der Waals surface area contributed by atoms with Gasteiger partial charge in [0.1, 0.15) is 5.76 Å². The topological polar surface area (TPSA) is 71.7 Å². The zero-order valence-electron chi connectivity index (χ0n) is 12.2. The average Bonchev–Trinajstić information content (AvgIpc) is 2.70. The molecule has 2 N–H and O–H groups in total. The van der Waals surface area contributed by atoms with Gasteiger partial charge in [0, 0.05) is 25.8 Å². The van der Waals surface area contributed by atoms with Crippen molar-refractivity contribution in [3.8, 4) is 0 Å². The molecule has 0 amide bonds. The van der Waals surface area contributed by atoms with Crippen molar-refractivity contribution in [3.63, 3.8) is 0 Å². The first kappa shape index (κ1) is 15.5. The molecule has 0 aliphatic carbocycles. The quantitative estimate of drug-likeness (QED) is 0.439. The van der Waals surface area contributed by atoms with E-state index in [1.54, 1.807) is 7.11 Å². The van der Waals surface area contributed by atoms with Crippen molar-refractivity contribution in [3.05, 3.63) is 17.0 Å². The SMILES string of the molecule is CCNC(=NCCOC)NCCc1c(C)noc1C. The highest BCUT2D eigenvalue weighted by Crippen LogP contribution is 2.11. The zero-order valence-corrected chi connectivity index (χ0v) is 12.2. The van der Waals surface area contributed by atoms with Crippen molar-refractivity contribution in [1.82, 2.24) is 15.8 Å². The molecule has 0 aromatic carbocycles. The van der Waals surface area contributed by atoms with E-state index in [9.17, 15) is 0 Å². The van der Waals surface area contributed by atoms with Crippen LogP contribution in [0.4, 0.5) is 0 Å². The second-order valence-electron chi connectivity index (χ2n) is 4.23. The zero-order chi connectivity index (χ0) is 14.1. The maximum atomic E-state index is 5.14.